The van der Waals surface area contributed by atoms with Gasteiger partial charge in [-0.25, -0.2) is 8.42 Å². The van der Waals surface area contributed by atoms with Gasteiger partial charge in [0.2, 0.25) is 0 Å². The Morgan fingerprint density at radius 1 is 1.41 bits per heavy atom. The Bertz CT molecular complexity index is 487. The number of rotatable bonds is 3. The summed E-state index contributed by atoms with van der Waals surface area (Å²) < 4.78 is 24.0. The zero-order valence-corrected chi connectivity index (χ0v) is 11.9. The first-order valence-corrected chi connectivity index (χ1v) is 8.35. The number of halogens is 1. The average molecular weight is 318 g/mol. The first-order chi connectivity index (χ1) is 8.05. The molecule has 1 aliphatic heterocycles. The Morgan fingerprint density at radius 2 is 2.24 bits per heavy atom. The highest BCUT2D eigenvalue weighted by Gasteiger charge is 2.23. The summed E-state index contributed by atoms with van der Waals surface area (Å²) in [7, 11) is -2.82. The predicted molar refractivity (Wildman–Crippen MR) is 72.7 cm³/mol. The molecule has 3 nitrogen and oxygen atoms in total. The van der Waals surface area contributed by atoms with E-state index in [2.05, 4.69) is 21.2 Å². The molecule has 2 rings (SSSR count). The van der Waals surface area contributed by atoms with Gasteiger partial charge in [-0.2, -0.15) is 0 Å². The Kier molecular flexibility index (Phi) is 4.22. The van der Waals surface area contributed by atoms with Gasteiger partial charge in [0.1, 0.15) is 0 Å². The number of hydrogen-bond acceptors (Lipinski definition) is 3. The fraction of sp³-hybridized carbons (Fsp3) is 0.500. The van der Waals surface area contributed by atoms with Crippen LogP contribution in [-0.4, -0.2) is 26.0 Å². The van der Waals surface area contributed by atoms with Gasteiger partial charge in [0.05, 0.1) is 11.5 Å². The van der Waals surface area contributed by atoms with Crippen molar-refractivity contribution < 1.29 is 8.42 Å². The van der Waals surface area contributed by atoms with Crippen molar-refractivity contribution in [1.82, 2.24) is 5.32 Å². The summed E-state index contributed by atoms with van der Waals surface area (Å²) in [5.74, 6) is 0.628. The fourth-order valence-corrected chi connectivity index (χ4v) is 4.21. The van der Waals surface area contributed by atoms with E-state index < -0.39 is 9.84 Å². The molecule has 1 unspecified atom stereocenters. The summed E-state index contributed by atoms with van der Waals surface area (Å²) >= 11 is 3.42. The van der Waals surface area contributed by atoms with Crippen LogP contribution in [0.25, 0.3) is 0 Å². The minimum Gasteiger partial charge on any atom is -0.309 e. The van der Waals surface area contributed by atoms with Crippen LogP contribution < -0.4 is 5.32 Å². The van der Waals surface area contributed by atoms with Crippen molar-refractivity contribution in [3.05, 3.63) is 34.3 Å². The molecule has 0 amide bonds. The molecular formula is C12H16BrNO2S. The van der Waals surface area contributed by atoms with Crippen molar-refractivity contribution in [1.29, 1.82) is 0 Å². The molecule has 1 N–H and O–H groups in total. The highest BCUT2D eigenvalue weighted by atomic mass is 79.9. The van der Waals surface area contributed by atoms with Crippen molar-refractivity contribution in [3.63, 3.8) is 0 Å². The number of benzene rings is 1. The zero-order valence-electron chi connectivity index (χ0n) is 9.52. The number of nitrogens with one attached hydrogen (secondary N) is 1. The van der Waals surface area contributed by atoms with E-state index in [0.29, 0.717) is 5.75 Å². The van der Waals surface area contributed by atoms with Gasteiger partial charge in [0, 0.05) is 17.1 Å². The van der Waals surface area contributed by atoms with Gasteiger partial charge >= 0.3 is 0 Å². The van der Waals surface area contributed by atoms with Gasteiger partial charge in [-0.05, 0) is 30.5 Å². The topological polar surface area (TPSA) is 46.2 Å². The maximum atomic E-state index is 11.5. The summed E-state index contributed by atoms with van der Waals surface area (Å²) in [4.78, 5) is 0. The molecule has 1 aromatic rings. The van der Waals surface area contributed by atoms with E-state index in [1.54, 1.807) is 0 Å². The van der Waals surface area contributed by atoms with Crippen molar-refractivity contribution in [2.75, 3.05) is 11.5 Å². The molecule has 1 fully saturated rings. The lowest BCUT2D eigenvalue weighted by Crippen LogP contribution is -2.39. The quantitative estimate of drug-likeness (QED) is 0.928. The van der Waals surface area contributed by atoms with Gasteiger partial charge in [-0.3, -0.25) is 0 Å². The highest BCUT2D eigenvalue weighted by Crippen LogP contribution is 2.14. The minimum absolute atomic E-state index is 0.104. The Labute approximate surface area is 111 Å². The molecule has 0 spiro atoms. The second-order valence-corrected chi connectivity index (χ2v) is 7.61. The van der Waals surface area contributed by atoms with Crippen LogP contribution in [0, 0.1) is 0 Å². The fourth-order valence-electron chi connectivity index (χ4n) is 2.09. The smallest absolute Gasteiger partial charge is 0.151 e. The molecule has 1 heterocycles. The maximum Gasteiger partial charge on any atom is 0.151 e. The first kappa shape index (κ1) is 13.1. The molecule has 17 heavy (non-hydrogen) atoms. The molecule has 0 radical (unpaired) electrons. The standard InChI is InChI=1S/C12H16BrNO2S/c13-11-4-1-3-10(7-11)8-14-12-5-2-6-17(15,16)9-12/h1,3-4,7,12,14H,2,5-6,8-9H2. The van der Waals surface area contributed by atoms with E-state index in [-0.39, 0.29) is 11.8 Å². The predicted octanol–water partition coefficient (Wildman–Crippen LogP) is 2.12. The van der Waals surface area contributed by atoms with Crippen molar-refractivity contribution in [3.8, 4) is 0 Å². The highest BCUT2D eigenvalue weighted by molar-refractivity contribution is 9.10. The van der Waals surface area contributed by atoms with E-state index >= 15 is 0 Å². The van der Waals surface area contributed by atoms with Gasteiger partial charge in [-0.1, -0.05) is 28.1 Å². The minimum atomic E-state index is -2.82. The van der Waals surface area contributed by atoms with Gasteiger partial charge in [0.15, 0.2) is 9.84 Å². The first-order valence-electron chi connectivity index (χ1n) is 5.73. The Morgan fingerprint density at radius 3 is 2.94 bits per heavy atom. The number of sulfone groups is 1. The Hall–Kier alpha value is -0.390. The van der Waals surface area contributed by atoms with E-state index in [4.69, 9.17) is 0 Å². The Balaban J connectivity index is 1.90. The van der Waals surface area contributed by atoms with Crippen LogP contribution in [0.15, 0.2) is 28.7 Å². The molecule has 0 aliphatic carbocycles. The van der Waals surface area contributed by atoms with Crippen LogP contribution in [0.3, 0.4) is 0 Å². The molecule has 0 aromatic heterocycles. The van der Waals surface area contributed by atoms with Gasteiger partial charge in [0.25, 0.3) is 0 Å². The molecule has 0 bridgehead atoms. The van der Waals surface area contributed by atoms with Gasteiger partial charge in [-0.15, -0.1) is 0 Å². The molecule has 1 aliphatic rings. The lowest BCUT2D eigenvalue weighted by Gasteiger charge is -2.23. The number of hydrogen-bond donors (Lipinski definition) is 1. The van der Waals surface area contributed by atoms with Crippen molar-refractivity contribution in [2.45, 2.75) is 25.4 Å². The van der Waals surface area contributed by atoms with Crippen molar-refractivity contribution >= 4 is 25.8 Å². The maximum absolute atomic E-state index is 11.5. The van der Waals surface area contributed by atoms with Gasteiger partial charge < -0.3 is 5.32 Å². The third-order valence-electron chi connectivity index (χ3n) is 2.95. The third-order valence-corrected chi connectivity index (χ3v) is 5.26. The lowest BCUT2D eigenvalue weighted by molar-refractivity contribution is 0.480. The molecule has 1 aromatic carbocycles. The summed E-state index contributed by atoms with van der Waals surface area (Å²) in [6.45, 7) is 0.722. The molecule has 5 heteroatoms. The van der Waals surface area contributed by atoms with Crippen LogP contribution in [0.2, 0.25) is 0 Å². The van der Waals surface area contributed by atoms with Crippen LogP contribution >= 0.6 is 15.9 Å². The van der Waals surface area contributed by atoms with E-state index in [0.717, 1.165) is 23.9 Å². The van der Waals surface area contributed by atoms with E-state index in [1.807, 2.05) is 24.3 Å². The second-order valence-electron chi connectivity index (χ2n) is 4.46. The van der Waals surface area contributed by atoms with Crippen LogP contribution in [-0.2, 0) is 16.4 Å². The molecule has 1 atom stereocenters. The van der Waals surface area contributed by atoms with Crippen LogP contribution in [0.5, 0.6) is 0 Å². The van der Waals surface area contributed by atoms with E-state index in [1.165, 1.54) is 5.56 Å². The van der Waals surface area contributed by atoms with Crippen LogP contribution in [0.1, 0.15) is 18.4 Å². The summed E-state index contributed by atoms with van der Waals surface area (Å²) in [5.41, 5.74) is 1.17. The lowest BCUT2D eigenvalue weighted by atomic mass is 10.1. The van der Waals surface area contributed by atoms with Crippen molar-refractivity contribution in [2.24, 2.45) is 0 Å². The van der Waals surface area contributed by atoms with Crippen LogP contribution in [0.4, 0.5) is 0 Å². The molecule has 1 saturated heterocycles. The molecule has 0 saturated carbocycles. The van der Waals surface area contributed by atoms with E-state index in [9.17, 15) is 8.42 Å². The summed E-state index contributed by atoms with van der Waals surface area (Å²) in [6.07, 6.45) is 1.73. The summed E-state index contributed by atoms with van der Waals surface area (Å²) in [5, 5.41) is 3.32. The monoisotopic (exact) mass is 317 g/mol. The molecular weight excluding hydrogens is 302 g/mol. The summed E-state index contributed by atoms with van der Waals surface area (Å²) in [6, 6.07) is 8.15. The third kappa shape index (κ3) is 4.08. The normalized spacial score (nSPS) is 23.5. The second kappa shape index (κ2) is 5.50. The average Bonchev–Trinajstić information content (AvgIpc) is 2.25. The molecule has 94 valence electrons. The zero-order chi connectivity index (χ0) is 12.3. The SMILES string of the molecule is O=S1(=O)CCCC(NCc2cccc(Br)c2)C1. The largest absolute Gasteiger partial charge is 0.309 e.